The Hall–Kier alpha value is -4.09. The zero-order chi connectivity index (χ0) is 27.8. The van der Waals surface area contributed by atoms with Gasteiger partial charge in [0.25, 0.3) is 0 Å². The quantitative estimate of drug-likeness (QED) is 0.210. The summed E-state index contributed by atoms with van der Waals surface area (Å²) in [6.45, 7) is 2.46. The summed E-state index contributed by atoms with van der Waals surface area (Å²) >= 11 is 6.50. The molecule has 2 aromatic heterocycles. The molecule has 4 rings (SSSR count). The number of esters is 1. The van der Waals surface area contributed by atoms with E-state index in [1.807, 2.05) is 53.1 Å². The number of ether oxygens (including phenoxy) is 1. The maximum Gasteiger partial charge on any atom is 0.324 e. The number of carboxylic acids is 1. The van der Waals surface area contributed by atoms with E-state index in [4.69, 9.17) is 21.4 Å². The SMILES string of the molecule is CCCCc1nc(Cl)c(COC(=O)[C@@H](CC(=O)O)NC)n1Cc1ccc(-c2ccccc2-c2nn[nH]n2)cc1. The zero-order valence-corrected chi connectivity index (χ0v) is 22.5. The first-order valence-electron chi connectivity index (χ1n) is 12.6. The highest BCUT2D eigenvalue weighted by molar-refractivity contribution is 6.30. The van der Waals surface area contributed by atoms with Crippen LogP contribution in [0.2, 0.25) is 5.15 Å². The lowest BCUT2D eigenvalue weighted by Gasteiger charge is -2.16. The molecular formula is C27H30ClN7O4. The Morgan fingerprint density at radius 3 is 2.54 bits per heavy atom. The molecule has 2 aromatic carbocycles. The first kappa shape index (κ1) is 27.9. The van der Waals surface area contributed by atoms with E-state index in [-0.39, 0.29) is 18.2 Å². The Labute approximate surface area is 230 Å². The zero-order valence-electron chi connectivity index (χ0n) is 21.7. The predicted octanol–water partition coefficient (Wildman–Crippen LogP) is 3.88. The first-order chi connectivity index (χ1) is 18.9. The van der Waals surface area contributed by atoms with Crippen molar-refractivity contribution in [2.45, 2.75) is 51.8 Å². The topological polar surface area (TPSA) is 148 Å². The van der Waals surface area contributed by atoms with Gasteiger partial charge in [-0.2, -0.15) is 5.21 Å². The number of likely N-dealkylation sites (N-methyl/N-ethyl adjacent to an activating group) is 1. The summed E-state index contributed by atoms with van der Waals surface area (Å²) < 4.78 is 7.43. The van der Waals surface area contributed by atoms with Gasteiger partial charge in [0.05, 0.1) is 12.1 Å². The third-order valence-corrected chi connectivity index (χ3v) is 6.64. The fourth-order valence-electron chi connectivity index (χ4n) is 4.25. The standard InChI is InChI=1S/C27H30ClN7O4/c1-3-4-9-23-30-25(28)22(16-39-27(38)21(29-2)14-24(36)37)35(23)15-17-10-12-18(13-11-17)19-7-5-6-8-20(19)26-31-33-34-32-26/h5-8,10-13,21,29H,3-4,9,14-16H2,1-2H3,(H,36,37)(H,31,32,33,34)/t21-/m1/s1. The molecule has 204 valence electrons. The number of halogens is 1. The van der Waals surface area contributed by atoms with Gasteiger partial charge in [-0.15, -0.1) is 10.2 Å². The second-order valence-electron chi connectivity index (χ2n) is 8.98. The monoisotopic (exact) mass is 551 g/mol. The predicted molar refractivity (Wildman–Crippen MR) is 145 cm³/mol. The highest BCUT2D eigenvalue weighted by Gasteiger charge is 2.23. The number of aliphatic carboxylic acids is 1. The van der Waals surface area contributed by atoms with Crippen molar-refractivity contribution in [2.75, 3.05) is 7.05 Å². The molecule has 1 atom stereocenters. The highest BCUT2D eigenvalue weighted by Crippen LogP contribution is 2.30. The number of H-pyrrole nitrogens is 1. The molecule has 0 unspecified atom stereocenters. The molecular weight excluding hydrogens is 522 g/mol. The molecule has 3 N–H and O–H groups in total. The first-order valence-corrected chi connectivity index (χ1v) is 13.0. The van der Waals surface area contributed by atoms with Crippen molar-refractivity contribution in [3.05, 3.63) is 70.8 Å². The van der Waals surface area contributed by atoms with Crippen LogP contribution in [-0.4, -0.2) is 60.3 Å². The van der Waals surface area contributed by atoms with Gasteiger partial charge in [-0.3, -0.25) is 9.59 Å². The normalized spacial score (nSPS) is 11.9. The summed E-state index contributed by atoms with van der Waals surface area (Å²) in [5.74, 6) is -0.440. The van der Waals surface area contributed by atoms with Crippen molar-refractivity contribution in [2.24, 2.45) is 0 Å². The molecule has 0 aliphatic heterocycles. The van der Waals surface area contributed by atoms with E-state index >= 15 is 0 Å². The van der Waals surface area contributed by atoms with Gasteiger partial charge in [0.15, 0.2) is 5.15 Å². The van der Waals surface area contributed by atoms with Crippen LogP contribution in [0.15, 0.2) is 48.5 Å². The van der Waals surface area contributed by atoms with Crippen LogP contribution in [0, 0.1) is 0 Å². The number of nitrogens with zero attached hydrogens (tertiary/aromatic N) is 5. The van der Waals surface area contributed by atoms with Crippen molar-refractivity contribution in [1.82, 2.24) is 35.5 Å². The molecule has 39 heavy (non-hydrogen) atoms. The number of tetrazole rings is 1. The van der Waals surface area contributed by atoms with Gasteiger partial charge >= 0.3 is 11.9 Å². The van der Waals surface area contributed by atoms with Crippen LogP contribution in [0.25, 0.3) is 22.5 Å². The average molecular weight is 552 g/mol. The van der Waals surface area contributed by atoms with Crippen molar-refractivity contribution >= 4 is 23.5 Å². The Balaban J connectivity index is 1.57. The van der Waals surface area contributed by atoms with Crippen LogP contribution >= 0.6 is 11.6 Å². The largest absolute Gasteiger partial charge is 0.481 e. The number of aromatic amines is 1. The number of imidazole rings is 1. The molecule has 0 amide bonds. The maximum absolute atomic E-state index is 12.5. The molecule has 2 heterocycles. The van der Waals surface area contributed by atoms with Crippen molar-refractivity contribution in [1.29, 1.82) is 0 Å². The van der Waals surface area contributed by atoms with Crippen LogP contribution in [0.5, 0.6) is 0 Å². The minimum atomic E-state index is -1.10. The number of carbonyl (C=O) groups is 2. The van der Waals surface area contributed by atoms with Crippen LogP contribution in [-0.2, 0) is 33.9 Å². The summed E-state index contributed by atoms with van der Waals surface area (Å²) in [6.07, 6.45) is 2.26. The molecule has 0 saturated heterocycles. The minimum absolute atomic E-state index is 0.120. The third-order valence-electron chi connectivity index (χ3n) is 6.34. The molecule has 11 nitrogen and oxygen atoms in total. The Morgan fingerprint density at radius 1 is 1.15 bits per heavy atom. The van der Waals surface area contributed by atoms with Crippen LogP contribution < -0.4 is 5.32 Å². The van der Waals surface area contributed by atoms with E-state index in [1.165, 1.54) is 7.05 Å². The number of aromatic nitrogens is 6. The van der Waals surface area contributed by atoms with Crippen molar-refractivity contribution in [3.63, 3.8) is 0 Å². The van der Waals surface area contributed by atoms with E-state index in [1.54, 1.807) is 0 Å². The van der Waals surface area contributed by atoms with E-state index in [9.17, 15) is 9.59 Å². The number of hydrogen-bond donors (Lipinski definition) is 3. The second-order valence-corrected chi connectivity index (χ2v) is 9.34. The van der Waals surface area contributed by atoms with Crippen molar-refractivity contribution in [3.8, 4) is 22.5 Å². The molecule has 12 heteroatoms. The lowest BCUT2D eigenvalue weighted by atomic mass is 9.98. The molecule has 0 spiro atoms. The minimum Gasteiger partial charge on any atom is -0.481 e. The molecule has 0 fully saturated rings. The molecule has 0 saturated carbocycles. The van der Waals surface area contributed by atoms with Gasteiger partial charge in [0, 0.05) is 18.5 Å². The third kappa shape index (κ3) is 6.87. The summed E-state index contributed by atoms with van der Waals surface area (Å²) in [4.78, 5) is 28.1. The Bertz CT molecular complexity index is 1400. The Kier molecular flexibility index (Phi) is 9.40. The van der Waals surface area contributed by atoms with Gasteiger partial charge in [-0.05, 0) is 35.4 Å². The van der Waals surface area contributed by atoms with Crippen LogP contribution in [0.1, 0.15) is 43.3 Å². The lowest BCUT2D eigenvalue weighted by Crippen LogP contribution is -2.37. The number of rotatable bonds is 13. The van der Waals surface area contributed by atoms with E-state index in [0.717, 1.165) is 47.3 Å². The van der Waals surface area contributed by atoms with E-state index < -0.39 is 18.0 Å². The van der Waals surface area contributed by atoms with Gasteiger partial charge in [-0.25, -0.2) is 4.98 Å². The molecule has 0 aliphatic rings. The maximum atomic E-state index is 12.5. The second kappa shape index (κ2) is 13.1. The number of carboxylic acid groups (broad SMARTS) is 1. The Morgan fingerprint density at radius 2 is 1.90 bits per heavy atom. The number of benzene rings is 2. The summed E-state index contributed by atoms with van der Waals surface area (Å²) in [6, 6.07) is 15.0. The van der Waals surface area contributed by atoms with Gasteiger partial charge in [0.1, 0.15) is 18.5 Å². The fraction of sp³-hybridized carbons (Fsp3) is 0.333. The lowest BCUT2D eigenvalue weighted by molar-refractivity contribution is -0.151. The van der Waals surface area contributed by atoms with Crippen LogP contribution in [0.3, 0.4) is 0 Å². The number of nitrogens with one attached hydrogen (secondary N) is 2. The number of carbonyl (C=O) groups excluding carboxylic acids is 1. The number of aryl methyl sites for hydroxylation is 1. The smallest absolute Gasteiger partial charge is 0.324 e. The van der Waals surface area contributed by atoms with E-state index in [0.29, 0.717) is 18.1 Å². The average Bonchev–Trinajstić information content (AvgIpc) is 3.58. The number of hydrogen-bond acceptors (Lipinski definition) is 8. The van der Waals surface area contributed by atoms with Gasteiger partial charge in [-0.1, -0.05) is 73.5 Å². The fourth-order valence-corrected chi connectivity index (χ4v) is 4.51. The summed E-state index contributed by atoms with van der Waals surface area (Å²) in [5, 5.41) is 26.4. The molecule has 0 radical (unpaired) electrons. The van der Waals surface area contributed by atoms with Crippen LogP contribution in [0.4, 0.5) is 0 Å². The molecule has 4 aromatic rings. The van der Waals surface area contributed by atoms with E-state index in [2.05, 4.69) is 37.8 Å². The number of unbranched alkanes of at least 4 members (excludes halogenated alkanes) is 1. The summed E-state index contributed by atoms with van der Waals surface area (Å²) in [7, 11) is 1.51. The van der Waals surface area contributed by atoms with Crippen molar-refractivity contribution < 1.29 is 19.4 Å². The van der Waals surface area contributed by atoms with Gasteiger partial charge in [0.2, 0.25) is 5.82 Å². The molecule has 0 bridgehead atoms. The summed E-state index contributed by atoms with van der Waals surface area (Å²) in [5.41, 5.74) is 4.42. The van der Waals surface area contributed by atoms with Gasteiger partial charge < -0.3 is 19.7 Å². The molecule has 0 aliphatic carbocycles. The highest BCUT2D eigenvalue weighted by atomic mass is 35.5.